The zero-order valence-electron chi connectivity index (χ0n) is 13.1. The van der Waals surface area contributed by atoms with Gasteiger partial charge in [0, 0.05) is 37.3 Å². The first kappa shape index (κ1) is 16.3. The molecule has 0 amide bonds. The fourth-order valence-corrected chi connectivity index (χ4v) is 2.26. The van der Waals surface area contributed by atoms with E-state index >= 15 is 0 Å². The third-order valence-electron chi connectivity index (χ3n) is 3.33. The Labute approximate surface area is 130 Å². The fraction of sp³-hybridized carbons (Fsp3) is 0.438. The Bertz CT molecular complexity index is 624. The van der Waals surface area contributed by atoms with Crippen molar-refractivity contribution in [3.05, 3.63) is 35.8 Å². The second kappa shape index (κ2) is 8.38. The Balaban J connectivity index is 1.93. The molecule has 0 radical (unpaired) electrons. The highest BCUT2D eigenvalue weighted by molar-refractivity contribution is 5.83. The van der Waals surface area contributed by atoms with Crippen LogP contribution in [0.15, 0.2) is 29.4 Å². The number of aromatic amines is 1. The molecule has 0 aliphatic heterocycles. The number of methoxy groups -OCH3 is 1. The summed E-state index contributed by atoms with van der Waals surface area (Å²) < 4.78 is 18.3. The molecule has 0 aliphatic carbocycles. The predicted molar refractivity (Wildman–Crippen MR) is 87.8 cm³/mol. The molecule has 0 saturated heterocycles. The Morgan fingerprint density at radius 1 is 1.36 bits per heavy atom. The molecular weight excluding hydrogens is 283 g/mol. The lowest BCUT2D eigenvalue weighted by Crippen LogP contribution is -2.38. The van der Waals surface area contributed by atoms with Crippen molar-refractivity contribution in [2.45, 2.75) is 13.3 Å². The van der Waals surface area contributed by atoms with E-state index in [1.54, 1.807) is 19.2 Å². The second-order valence-electron chi connectivity index (χ2n) is 4.93. The van der Waals surface area contributed by atoms with Gasteiger partial charge in [0.05, 0.1) is 13.2 Å². The SMILES string of the molecule is CCNC(=NCCOC)NCCc1c[nH]c2ccc(F)cc12. The topological polar surface area (TPSA) is 61.4 Å². The zero-order valence-corrected chi connectivity index (χ0v) is 13.1. The minimum absolute atomic E-state index is 0.212. The summed E-state index contributed by atoms with van der Waals surface area (Å²) in [5, 5.41) is 7.39. The molecule has 3 N–H and O–H groups in total. The van der Waals surface area contributed by atoms with E-state index in [0.717, 1.165) is 41.9 Å². The van der Waals surface area contributed by atoms with Crippen LogP contribution in [-0.4, -0.2) is 44.3 Å². The van der Waals surface area contributed by atoms with Gasteiger partial charge in [-0.15, -0.1) is 0 Å². The van der Waals surface area contributed by atoms with E-state index in [1.165, 1.54) is 6.07 Å². The van der Waals surface area contributed by atoms with E-state index in [2.05, 4.69) is 20.6 Å². The Kier molecular flexibility index (Phi) is 6.21. The zero-order chi connectivity index (χ0) is 15.8. The van der Waals surface area contributed by atoms with Crippen molar-refractivity contribution in [2.75, 3.05) is 33.4 Å². The maximum atomic E-state index is 13.3. The van der Waals surface area contributed by atoms with Gasteiger partial charge < -0.3 is 20.4 Å². The molecule has 6 heteroatoms. The van der Waals surface area contributed by atoms with Gasteiger partial charge >= 0.3 is 0 Å². The molecule has 0 bridgehead atoms. The van der Waals surface area contributed by atoms with Gasteiger partial charge in [0.15, 0.2) is 5.96 Å². The van der Waals surface area contributed by atoms with Gasteiger partial charge in [-0.1, -0.05) is 0 Å². The van der Waals surface area contributed by atoms with Crippen LogP contribution in [0, 0.1) is 5.82 Å². The van der Waals surface area contributed by atoms with Crippen molar-refractivity contribution < 1.29 is 9.13 Å². The number of fused-ring (bicyclic) bond motifs is 1. The molecule has 2 aromatic rings. The van der Waals surface area contributed by atoms with Gasteiger partial charge in [-0.3, -0.25) is 4.99 Å². The highest BCUT2D eigenvalue weighted by atomic mass is 19.1. The second-order valence-corrected chi connectivity index (χ2v) is 4.93. The summed E-state index contributed by atoms with van der Waals surface area (Å²) in [6.45, 7) is 4.76. The quantitative estimate of drug-likeness (QED) is 0.417. The van der Waals surface area contributed by atoms with Crippen LogP contribution in [0.3, 0.4) is 0 Å². The Morgan fingerprint density at radius 3 is 3.00 bits per heavy atom. The lowest BCUT2D eigenvalue weighted by Gasteiger charge is -2.11. The number of hydrogen-bond acceptors (Lipinski definition) is 2. The van der Waals surface area contributed by atoms with Crippen LogP contribution < -0.4 is 10.6 Å². The smallest absolute Gasteiger partial charge is 0.191 e. The van der Waals surface area contributed by atoms with Gasteiger partial charge in [-0.05, 0) is 37.1 Å². The Hall–Kier alpha value is -2.08. The molecule has 1 heterocycles. The van der Waals surface area contributed by atoms with Crippen molar-refractivity contribution in [1.29, 1.82) is 0 Å². The number of aliphatic imine (C=N–C) groups is 1. The third-order valence-corrected chi connectivity index (χ3v) is 3.33. The monoisotopic (exact) mass is 306 g/mol. The highest BCUT2D eigenvalue weighted by Crippen LogP contribution is 2.19. The summed E-state index contributed by atoms with van der Waals surface area (Å²) in [5.41, 5.74) is 2.05. The van der Waals surface area contributed by atoms with E-state index < -0.39 is 0 Å². The number of guanidine groups is 1. The van der Waals surface area contributed by atoms with Crippen LogP contribution in [0.1, 0.15) is 12.5 Å². The van der Waals surface area contributed by atoms with E-state index in [1.807, 2.05) is 13.1 Å². The van der Waals surface area contributed by atoms with Gasteiger partial charge in [-0.2, -0.15) is 0 Å². The van der Waals surface area contributed by atoms with Crippen molar-refractivity contribution in [3.8, 4) is 0 Å². The lowest BCUT2D eigenvalue weighted by atomic mass is 10.1. The third kappa shape index (κ3) is 4.46. The molecule has 0 fully saturated rings. The summed E-state index contributed by atoms with van der Waals surface area (Å²) in [6.07, 6.45) is 2.72. The Morgan fingerprint density at radius 2 is 2.23 bits per heavy atom. The first-order valence-corrected chi connectivity index (χ1v) is 7.51. The van der Waals surface area contributed by atoms with E-state index in [0.29, 0.717) is 13.2 Å². The van der Waals surface area contributed by atoms with Gasteiger partial charge in [0.1, 0.15) is 5.82 Å². The summed E-state index contributed by atoms with van der Waals surface area (Å²) in [4.78, 5) is 7.56. The summed E-state index contributed by atoms with van der Waals surface area (Å²) >= 11 is 0. The first-order valence-electron chi connectivity index (χ1n) is 7.51. The molecule has 0 unspecified atom stereocenters. The number of nitrogens with zero attached hydrogens (tertiary/aromatic N) is 1. The van der Waals surface area contributed by atoms with Crippen molar-refractivity contribution in [3.63, 3.8) is 0 Å². The standard InChI is InChI=1S/C16H23FN4O/c1-3-18-16(20-8-9-22-2)19-7-6-12-11-21-15-5-4-13(17)10-14(12)15/h4-5,10-11,21H,3,6-9H2,1-2H3,(H2,18,19,20). The van der Waals surface area contributed by atoms with Gasteiger partial charge in [-0.25, -0.2) is 4.39 Å². The molecule has 0 saturated carbocycles. The van der Waals surface area contributed by atoms with Crippen LogP contribution >= 0.6 is 0 Å². The lowest BCUT2D eigenvalue weighted by molar-refractivity contribution is 0.208. The normalized spacial score (nSPS) is 11.9. The molecule has 120 valence electrons. The first-order chi connectivity index (χ1) is 10.7. The maximum absolute atomic E-state index is 13.3. The van der Waals surface area contributed by atoms with Crippen LogP contribution in [0.5, 0.6) is 0 Å². The molecule has 1 aromatic heterocycles. The van der Waals surface area contributed by atoms with Crippen molar-refractivity contribution in [2.24, 2.45) is 4.99 Å². The molecule has 5 nitrogen and oxygen atoms in total. The minimum Gasteiger partial charge on any atom is -0.383 e. The average molecular weight is 306 g/mol. The summed E-state index contributed by atoms with van der Waals surface area (Å²) in [5.74, 6) is 0.557. The fourth-order valence-electron chi connectivity index (χ4n) is 2.26. The van der Waals surface area contributed by atoms with Crippen LogP contribution in [0.4, 0.5) is 4.39 Å². The van der Waals surface area contributed by atoms with E-state index in [4.69, 9.17) is 4.74 Å². The minimum atomic E-state index is -0.212. The van der Waals surface area contributed by atoms with E-state index in [-0.39, 0.29) is 5.82 Å². The van der Waals surface area contributed by atoms with Crippen LogP contribution in [-0.2, 0) is 11.2 Å². The molecule has 0 atom stereocenters. The number of nitrogens with one attached hydrogen (secondary N) is 3. The maximum Gasteiger partial charge on any atom is 0.191 e. The molecule has 2 rings (SSSR count). The van der Waals surface area contributed by atoms with Gasteiger partial charge in [0.2, 0.25) is 0 Å². The number of halogens is 1. The average Bonchev–Trinajstić information content (AvgIpc) is 2.90. The van der Waals surface area contributed by atoms with Crippen molar-refractivity contribution >= 4 is 16.9 Å². The number of benzene rings is 1. The largest absolute Gasteiger partial charge is 0.383 e. The van der Waals surface area contributed by atoms with Crippen LogP contribution in [0.2, 0.25) is 0 Å². The number of aromatic nitrogens is 1. The van der Waals surface area contributed by atoms with Crippen molar-refractivity contribution in [1.82, 2.24) is 15.6 Å². The molecule has 22 heavy (non-hydrogen) atoms. The summed E-state index contributed by atoms with van der Waals surface area (Å²) in [7, 11) is 1.66. The number of H-pyrrole nitrogens is 1. The van der Waals surface area contributed by atoms with Gasteiger partial charge in [0.25, 0.3) is 0 Å². The molecular formula is C16H23FN4O. The molecule has 0 spiro atoms. The number of rotatable bonds is 7. The summed E-state index contributed by atoms with van der Waals surface area (Å²) in [6, 6.07) is 4.80. The number of hydrogen-bond donors (Lipinski definition) is 3. The van der Waals surface area contributed by atoms with E-state index in [9.17, 15) is 4.39 Å². The molecule has 0 aliphatic rings. The molecule has 1 aromatic carbocycles. The number of ether oxygens (including phenoxy) is 1. The highest BCUT2D eigenvalue weighted by Gasteiger charge is 2.05. The van der Waals surface area contributed by atoms with Crippen LogP contribution in [0.25, 0.3) is 10.9 Å². The predicted octanol–water partition coefficient (Wildman–Crippen LogP) is 2.05.